The molecular formula is C41H42BN4O9. The number of anilines is 1. The Bertz CT molecular complexity index is 2570. The fourth-order valence-corrected chi connectivity index (χ4v) is 8.58. The molecule has 14 heteroatoms. The van der Waals surface area contributed by atoms with Crippen molar-refractivity contribution in [2.45, 2.75) is 84.1 Å². The number of rotatable bonds is 2. The van der Waals surface area contributed by atoms with Gasteiger partial charge in [-0.1, -0.05) is 39.5 Å². The van der Waals surface area contributed by atoms with Gasteiger partial charge in [0.1, 0.15) is 19.0 Å². The smallest absolute Gasteiger partial charge is 0.343 e. The molecule has 5 aliphatic rings. The molecular weight excluding hydrogens is 703 g/mol. The zero-order chi connectivity index (χ0) is 37.0. The largest absolute Gasteiger partial charge is 0.508 e. The zero-order valence-electron chi connectivity index (χ0n) is 29.6. The number of phenolic OH excluding ortho intramolecular Hbond substituents is 1. The van der Waals surface area contributed by atoms with Crippen LogP contribution in [-0.2, 0) is 63.0 Å². The fraction of sp³-hybridized carbons (Fsp3) is 0.341. The molecule has 4 N–H and O–H groups in total. The van der Waals surface area contributed by atoms with Gasteiger partial charge in [-0.05, 0) is 67.3 Å². The highest BCUT2D eigenvalue weighted by Crippen LogP contribution is 2.44. The minimum Gasteiger partial charge on any atom is -0.508 e. The molecule has 8 heterocycles. The van der Waals surface area contributed by atoms with E-state index in [0.29, 0.717) is 52.2 Å². The second kappa shape index (κ2) is 13.2. The number of aromatic hydroxyl groups is 1. The standard InChI is InChI=1S/C20H16N2O5.C20H20N2O4.CH4.B.H2/c1-2-20(26)14-7-16-17-11(5-10-6-12(23)3-4-15(10)21-17)8-22(16)18(24)13(14)9-27-19(20)25;1-2-20(25)14-8-16-17-12(7-11-5-3-4-6-15(11)21-17)9-22(16)18(23)13(14)10-26-19(20)24;;;/h3-7,23,26H,2,8-9H2,1H3;3-6,8,12,17,21,25H,2,7,9-10H2,1H3;1H4;;1H/t20-;12?,17?,20-;;;/m11.../s1/i;;;;1+1. The molecule has 5 aromatic rings. The predicted octanol–water partition coefficient (Wildman–Crippen LogP) is 4.13. The molecule has 2 aromatic carbocycles. The molecule has 0 spiro atoms. The lowest BCUT2D eigenvalue weighted by atomic mass is 9.84. The first-order valence-electron chi connectivity index (χ1n) is 17.8. The van der Waals surface area contributed by atoms with Gasteiger partial charge in [-0.2, -0.15) is 0 Å². The highest BCUT2D eigenvalue weighted by atomic mass is 16.6. The van der Waals surface area contributed by atoms with E-state index in [9.17, 15) is 34.5 Å². The van der Waals surface area contributed by atoms with Crippen molar-refractivity contribution in [2.24, 2.45) is 5.92 Å². The number of carbonyl (C=O) groups is 2. The quantitative estimate of drug-likeness (QED) is 0.148. The molecule has 0 fully saturated rings. The van der Waals surface area contributed by atoms with E-state index in [1.807, 2.05) is 30.3 Å². The van der Waals surface area contributed by atoms with Crippen molar-refractivity contribution < 1.29 is 35.8 Å². The molecule has 283 valence electrons. The Balaban J connectivity index is 0.000000180. The number of carbonyl (C=O) groups excluding carboxylic acids is 2. The normalized spacial score (nSPS) is 23.3. The van der Waals surface area contributed by atoms with Gasteiger partial charge in [0.25, 0.3) is 11.1 Å². The molecule has 5 aliphatic heterocycles. The molecule has 10 rings (SSSR count). The van der Waals surface area contributed by atoms with Crippen LogP contribution in [0, 0.1) is 5.92 Å². The highest BCUT2D eigenvalue weighted by molar-refractivity contribution is 5.87. The van der Waals surface area contributed by atoms with Gasteiger partial charge >= 0.3 is 11.9 Å². The molecule has 3 radical (unpaired) electrons. The predicted molar refractivity (Wildman–Crippen MR) is 205 cm³/mol. The maximum absolute atomic E-state index is 13.1. The topological polar surface area (TPSA) is 182 Å². The van der Waals surface area contributed by atoms with Gasteiger partial charge in [-0.25, -0.2) is 14.6 Å². The van der Waals surface area contributed by atoms with Crippen molar-refractivity contribution in [2.75, 3.05) is 5.32 Å². The van der Waals surface area contributed by atoms with Gasteiger partial charge < -0.3 is 39.2 Å². The number of esters is 2. The second-order valence-corrected chi connectivity index (χ2v) is 14.4. The van der Waals surface area contributed by atoms with E-state index in [2.05, 4.69) is 16.4 Å². The zero-order valence-corrected chi connectivity index (χ0v) is 29.6. The highest BCUT2D eigenvalue weighted by Gasteiger charge is 2.48. The number of hydrogen-bond donors (Lipinski definition) is 4. The van der Waals surface area contributed by atoms with E-state index in [1.54, 1.807) is 47.2 Å². The molecule has 3 aromatic heterocycles. The Hall–Kier alpha value is -5.73. The third-order valence-electron chi connectivity index (χ3n) is 11.6. The summed E-state index contributed by atoms with van der Waals surface area (Å²) in [6, 6.07) is 18.5. The Labute approximate surface area is 319 Å². The molecule has 0 saturated heterocycles. The van der Waals surface area contributed by atoms with Crippen molar-refractivity contribution in [3.05, 3.63) is 120 Å². The van der Waals surface area contributed by atoms with E-state index >= 15 is 0 Å². The van der Waals surface area contributed by atoms with Gasteiger partial charge in [0.05, 0.1) is 40.6 Å². The number of cyclic esters (lactones) is 2. The average molecular weight is 747 g/mol. The molecule has 55 heavy (non-hydrogen) atoms. The number of nitrogens with zero attached hydrogens (tertiary/aromatic N) is 3. The van der Waals surface area contributed by atoms with E-state index in [0.717, 1.165) is 28.8 Å². The van der Waals surface area contributed by atoms with Crippen molar-refractivity contribution in [1.82, 2.24) is 14.1 Å². The van der Waals surface area contributed by atoms with Gasteiger partial charge in [-0.15, -0.1) is 0 Å². The number of aliphatic hydroxyl groups is 2. The van der Waals surface area contributed by atoms with Crippen LogP contribution < -0.4 is 16.4 Å². The summed E-state index contributed by atoms with van der Waals surface area (Å²) in [6.07, 6.45) is 1.18. The summed E-state index contributed by atoms with van der Waals surface area (Å²) in [5.41, 5.74) is 3.34. The van der Waals surface area contributed by atoms with Crippen molar-refractivity contribution in [3.63, 3.8) is 0 Å². The van der Waals surface area contributed by atoms with Crippen LogP contribution in [0.25, 0.3) is 22.3 Å². The number of para-hydroxylation sites is 1. The molecule has 0 bridgehead atoms. The first-order valence-corrected chi connectivity index (χ1v) is 17.8. The Morgan fingerprint density at radius 2 is 1.49 bits per heavy atom. The number of fused-ring (bicyclic) bond motifs is 10. The number of nitrogens with one attached hydrogen (secondary N) is 1. The minimum absolute atomic E-state index is 0. The van der Waals surface area contributed by atoms with E-state index < -0.39 is 23.1 Å². The van der Waals surface area contributed by atoms with Crippen LogP contribution >= 0.6 is 0 Å². The minimum atomic E-state index is -1.83. The first kappa shape index (κ1) is 37.6. The van der Waals surface area contributed by atoms with Crippen molar-refractivity contribution in [3.8, 4) is 17.1 Å². The lowest BCUT2D eigenvalue weighted by Crippen LogP contribution is -2.44. The monoisotopic (exact) mass is 746 g/mol. The molecule has 4 atom stereocenters. The van der Waals surface area contributed by atoms with Crippen LogP contribution in [0.1, 0.15) is 80.7 Å². The summed E-state index contributed by atoms with van der Waals surface area (Å²) < 4.78 is 13.5. The van der Waals surface area contributed by atoms with Gasteiger partial charge in [0, 0.05) is 55.8 Å². The summed E-state index contributed by atoms with van der Waals surface area (Å²) in [5.74, 6) is -0.987. The molecule has 0 amide bonds. The molecule has 13 nitrogen and oxygen atoms in total. The summed E-state index contributed by atoms with van der Waals surface area (Å²) in [6.45, 7) is 4.15. The van der Waals surface area contributed by atoms with E-state index in [-0.39, 0.29) is 72.1 Å². The number of ether oxygens (including phenoxy) is 2. The van der Waals surface area contributed by atoms with Gasteiger partial charge in [-0.3, -0.25) is 9.59 Å². The second-order valence-electron chi connectivity index (χ2n) is 14.4. The lowest BCUT2D eigenvalue weighted by Gasteiger charge is -2.33. The van der Waals surface area contributed by atoms with Crippen molar-refractivity contribution in [1.29, 1.82) is 0 Å². The fourth-order valence-electron chi connectivity index (χ4n) is 8.58. The molecule has 2 unspecified atom stereocenters. The van der Waals surface area contributed by atoms with Crippen LogP contribution in [0.2, 0.25) is 0 Å². The van der Waals surface area contributed by atoms with Gasteiger partial charge in [0.2, 0.25) is 0 Å². The molecule has 0 aliphatic carbocycles. The Kier molecular flexibility index (Phi) is 9.05. The number of aromatic nitrogens is 3. The number of hydrogen-bond acceptors (Lipinski definition) is 11. The van der Waals surface area contributed by atoms with Gasteiger partial charge in [0.15, 0.2) is 11.2 Å². The van der Waals surface area contributed by atoms with Crippen LogP contribution in [0.4, 0.5) is 5.69 Å². The third kappa shape index (κ3) is 5.41. The Morgan fingerprint density at radius 1 is 0.855 bits per heavy atom. The summed E-state index contributed by atoms with van der Waals surface area (Å²) in [5, 5.41) is 35.7. The summed E-state index contributed by atoms with van der Waals surface area (Å²) in [4.78, 5) is 55.1. The SMILES string of the molecule is C.CC[C@]1(O)C(=O)OCc2c1cc1n(c2=O)CC2Cc3ccccc3NC12.CC[C@]1(O)C(=O)OCc2c1cc1n(c2=O)Cc2cc3cc(O)ccc3nc2-1.[2HH].[B]. The summed E-state index contributed by atoms with van der Waals surface area (Å²) >= 11 is 0. The number of benzene rings is 2. The lowest BCUT2D eigenvalue weighted by molar-refractivity contribution is -0.172. The number of pyridine rings is 3. The summed E-state index contributed by atoms with van der Waals surface area (Å²) in [7, 11) is 0. The number of phenols is 1. The van der Waals surface area contributed by atoms with Crippen LogP contribution in [0.15, 0.2) is 70.3 Å². The maximum atomic E-state index is 13.1. The maximum Gasteiger partial charge on any atom is 0.343 e. The third-order valence-corrected chi connectivity index (χ3v) is 11.6. The van der Waals surface area contributed by atoms with E-state index in [4.69, 9.17) is 9.47 Å². The van der Waals surface area contributed by atoms with Crippen LogP contribution in [-0.4, -0.2) is 49.8 Å². The average Bonchev–Trinajstić information content (AvgIpc) is 3.71. The van der Waals surface area contributed by atoms with Crippen LogP contribution in [0.5, 0.6) is 5.75 Å². The molecule has 0 saturated carbocycles. The van der Waals surface area contributed by atoms with Crippen molar-refractivity contribution >= 4 is 36.9 Å². The van der Waals surface area contributed by atoms with Crippen LogP contribution in [0.3, 0.4) is 0 Å². The first-order chi connectivity index (χ1) is 25.4. The Morgan fingerprint density at radius 3 is 2.16 bits per heavy atom. The van der Waals surface area contributed by atoms with E-state index in [1.165, 1.54) is 5.56 Å².